The molecule has 2 aromatic heterocycles. The smallest absolute Gasteiger partial charge is 0.242 e. The molecule has 2 heterocycles. The second-order valence-corrected chi connectivity index (χ2v) is 6.92. The lowest BCUT2D eigenvalue weighted by Crippen LogP contribution is -2.30. The van der Waals surface area contributed by atoms with Crippen LogP contribution in [0.3, 0.4) is 0 Å². The molecule has 0 aliphatic heterocycles. The van der Waals surface area contributed by atoms with Gasteiger partial charge in [0.2, 0.25) is 5.91 Å². The number of carbonyl (C=O) groups excluding carboxylic acids is 1. The van der Waals surface area contributed by atoms with Gasteiger partial charge in [0.25, 0.3) is 0 Å². The van der Waals surface area contributed by atoms with E-state index in [1.54, 1.807) is 12.3 Å². The van der Waals surface area contributed by atoms with E-state index in [2.05, 4.69) is 10.1 Å². The van der Waals surface area contributed by atoms with Crippen molar-refractivity contribution in [2.75, 3.05) is 0 Å². The van der Waals surface area contributed by atoms with E-state index in [-0.39, 0.29) is 6.42 Å². The fourth-order valence-corrected chi connectivity index (χ4v) is 3.17. The number of halogens is 1. The fraction of sp³-hybridized carbons (Fsp3) is 0.0833. The first-order valence-electron chi connectivity index (χ1n) is 9.74. The first-order valence-corrected chi connectivity index (χ1v) is 9.74. The molecule has 154 valence electrons. The lowest BCUT2D eigenvalue weighted by atomic mass is 10.0. The van der Waals surface area contributed by atoms with E-state index in [4.69, 9.17) is 10.7 Å². The number of benzene rings is 2. The number of rotatable bonds is 7. The van der Waals surface area contributed by atoms with E-state index >= 15 is 0 Å². The zero-order valence-corrected chi connectivity index (χ0v) is 16.6. The van der Waals surface area contributed by atoms with E-state index < -0.39 is 17.8 Å². The predicted molar refractivity (Wildman–Crippen MR) is 117 cm³/mol. The molecular weight excluding hydrogens is 393 g/mol. The Balaban J connectivity index is 1.65. The van der Waals surface area contributed by atoms with E-state index in [1.807, 2.05) is 60.7 Å². The van der Waals surface area contributed by atoms with Gasteiger partial charge in [-0.3, -0.25) is 9.79 Å². The van der Waals surface area contributed by atoms with Crippen LogP contribution in [0.4, 0.5) is 4.39 Å². The molecule has 6 nitrogen and oxygen atoms in total. The van der Waals surface area contributed by atoms with Gasteiger partial charge < -0.3 is 5.73 Å². The predicted octanol–water partition coefficient (Wildman–Crippen LogP) is 3.34. The number of hydrogen-bond donors (Lipinski definition) is 1. The minimum atomic E-state index is -0.806. The van der Waals surface area contributed by atoms with Gasteiger partial charge >= 0.3 is 0 Å². The van der Waals surface area contributed by atoms with Gasteiger partial charge in [-0.05, 0) is 18.2 Å². The second kappa shape index (κ2) is 9.13. The summed E-state index contributed by atoms with van der Waals surface area (Å²) in [4.78, 5) is 21.0. The summed E-state index contributed by atoms with van der Waals surface area (Å²) in [5.41, 5.74) is 8.78. The first kappa shape index (κ1) is 20.2. The maximum atomic E-state index is 13.1. The normalized spacial score (nSPS) is 11.6. The Labute approximate surface area is 178 Å². The van der Waals surface area contributed by atoms with Gasteiger partial charge in [-0.25, -0.2) is 14.1 Å². The van der Waals surface area contributed by atoms with Crippen molar-refractivity contribution in [2.24, 2.45) is 10.7 Å². The van der Waals surface area contributed by atoms with Crippen LogP contribution in [-0.4, -0.2) is 32.4 Å². The van der Waals surface area contributed by atoms with Gasteiger partial charge in [0.05, 0.1) is 17.6 Å². The number of aliphatic imine (C=N–C) groups is 1. The zero-order valence-electron chi connectivity index (χ0n) is 16.6. The maximum Gasteiger partial charge on any atom is 0.242 e. The number of amides is 1. The molecule has 0 aliphatic carbocycles. The number of nitrogens with two attached hydrogens (primary N) is 1. The summed E-state index contributed by atoms with van der Waals surface area (Å²) in [6.07, 6.45) is 3.05. The summed E-state index contributed by atoms with van der Waals surface area (Å²) in [6, 6.07) is 23.1. The highest BCUT2D eigenvalue weighted by molar-refractivity contribution is 6.13. The van der Waals surface area contributed by atoms with Crippen molar-refractivity contribution in [2.45, 2.75) is 12.5 Å². The SMILES string of the molecule is NC(=O)C(Cc1ccn(-c2ccc(F)cn2)n1)N=C(c1ccccc1)c1ccccc1. The summed E-state index contributed by atoms with van der Waals surface area (Å²) >= 11 is 0. The summed E-state index contributed by atoms with van der Waals surface area (Å²) < 4.78 is 14.6. The summed E-state index contributed by atoms with van der Waals surface area (Å²) in [7, 11) is 0. The molecule has 1 amide bonds. The highest BCUT2D eigenvalue weighted by Gasteiger charge is 2.19. The van der Waals surface area contributed by atoms with Gasteiger partial charge in [-0.1, -0.05) is 60.7 Å². The van der Waals surface area contributed by atoms with Crippen LogP contribution in [0.15, 0.2) is 96.2 Å². The Morgan fingerprint density at radius 2 is 1.61 bits per heavy atom. The molecule has 2 N–H and O–H groups in total. The minimum absolute atomic E-state index is 0.229. The third-order valence-corrected chi connectivity index (χ3v) is 4.70. The molecule has 0 fully saturated rings. The minimum Gasteiger partial charge on any atom is -0.368 e. The topological polar surface area (TPSA) is 86.2 Å². The van der Waals surface area contributed by atoms with Gasteiger partial charge in [-0.15, -0.1) is 0 Å². The molecule has 4 aromatic rings. The molecule has 0 saturated heterocycles. The molecule has 1 atom stereocenters. The molecule has 0 saturated carbocycles. The zero-order chi connectivity index (χ0) is 21.6. The lowest BCUT2D eigenvalue weighted by molar-refractivity contribution is -0.119. The molecule has 0 bridgehead atoms. The summed E-state index contributed by atoms with van der Waals surface area (Å²) in [6.45, 7) is 0. The molecule has 0 aliphatic rings. The van der Waals surface area contributed by atoms with Crippen molar-refractivity contribution < 1.29 is 9.18 Å². The molecule has 2 aromatic carbocycles. The molecule has 1 unspecified atom stereocenters. The van der Waals surface area contributed by atoms with Crippen LogP contribution in [0.25, 0.3) is 5.82 Å². The van der Waals surface area contributed by atoms with Crippen LogP contribution in [0.2, 0.25) is 0 Å². The van der Waals surface area contributed by atoms with Gasteiger partial charge in [0, 0.05) is 23.7 Å². The van der Waals surface area contributed by atoms with Crippen molar-refractivity contribution in [3.05, 3.63) is 114 Å². The van der Waals surface area contributed by atoms with Gasteiger partial charge in [0.1, 0.15) is 11.9 Å². The number of aromatic nitrogens is 3. The van der Waals surface area contributed by atoms with Crippen molar-refractivity contribution >= 4 is 11.6 Å². The standard InChI is InChI=1S/C24H20FN5O/c25-19-11-12-22(27-16-19)30-14-13-20(29-30)15-21(24(26)31)28-23(17-7-3-1-4-8-17)18-9-5-2-6-10-18/h1-14,16,21H,15H2,(H2,26,31). The van der Waals surface area contributed by atoms with Crippen LogP contribution in [0.5, 0.6) is 0 Å². The maximum absolute atomic E-state index is 13.1. The van der Waals surface area contributed by atoms with E-state index in [0.29, 0.717) is 17.2 Å². The summed E-state index contributed by atoms with van der Waals surface area (Å²) in [5, 5.41) is 4.44. The monoisotopic (exact) mass is 413 g/mol. The molecule has 0 spiro atoms. The summed E-state index contributed by atoms with van der Waals surface area (Å²) in [5.74, 6) is -0.492. The highest BCUT2D eigenvalue weighted by Crippen LogP contribution is 2.15. The Bertz CT molecular complexity index is 1150. The van der Waals surface area contributed by atoms with E-state index in [9.17, 15) is 9.18 Å². The van der Waals surface area contributed by atoms with Crippen LogP contribution in [-0.2, 0) is 11.2 Å². The number of nitrogens with zero attached hydrogens (tertiary/aromatic N) is 4. The van der Waals surface area contributed by atoms with E-state index in [0.717, 1.165) is 17.3 Å². The molecule has 7 heteroatoms. The van der Waals surface area contributed by atoms with Crippen LogP contribution >= 0.6 is 0 Å². The lowest BCUT2D eigenvalue weighted by Gasteiger charge is -2.13. The highest BCUT2D eigenvalue weighted by atomic mass is 19.1. The number of carbonyl (C=O) groups is 1. The quantitative estimate of drug-likeness (QED) is 0.472. The average molecular weight is 413 g/mol. The van der Waals surface area contributed by atoms with Crippen LogP contribution in [0.1, 0.15) is 16.8 Å². The molecule has 4 rings (SSSR count). The largest absolute Gasteiger partial charge is 0.368 e. The molecule has 31 heavy (non-hydrogen) atoms. The third-order valence-electron chi connectivity index (χ3n) is 4.70. The number of hydrogen-bond acceptors (Lipinski definition) is 4. The fourth-order valence-electron chi connectivity index (χ4n) is 3.17. The Morgan fingerprint density at radius 3 is 2.16 bits per heavy atom. The Kier molecular flexibility index (Phi) is 5.93. The van der Waals surface area contributed by atoms with E-state index in [1.165, 1.54) is 16.8 Å². The second-order valence-electron chi connectivity index (χ2n) is 6.92. The molecule has 0 radical (unpaired) electrons. The van der Waals surface area contributed by atoms with Gasteiger partial charge in [-0.2, -0.15) is 5.10 Å². The number of pyridine rings is 1. The molecular formula is C24H20FN5O. The van der Waals surface area contributed by atoms with Crippen molar-refractivity contribution in [3.63, 3.8) is 0 Å². The van der Waals surface area contributed by atoms with Crippen LogP contribution < -0.4 is 5.73 Å². The average Bonchev–Trinajstić information content (AvgIpc) is 3.26. The van der Waals surface area contributed by atoms with Crippen molar-refractivity contribution in [1.82, 2.24) is 14.8 Å². The Morgan fingerprint density at radius 1 is 0.968 bits per heavy atom. The third kappa shape index (κ3) is 4.90. The Hall–Kier alpha value is -4.13. The van der Waals surface area contributed by atoms with Crippen LogP contribution in [0, 0.1) is 5.82 Å². The van der Waals surface area contributed by atoms with Crippen molar-refractivity contribution in [1.29, 1.82) is 0 Å². The van der Waals surface area contributed by atoms with Gasteiger partial charge in [0.15, 0.2) is 5.82 Å². The first-order chi connectivity index (χ1) is 15.1. The van der Waals surface area contributed by atoms with Crippen molar-refractivity contribution in [3.8, 4) is 5.82 Å². The number of primary amides is 1.